The van der Waals surface area contributed by atoms with Gasteiger partial charge in [-0.25, -0.2) is 13.8 Å². The second kappa shape index (κ2) is 7.30. The zero-order valence-corrected chi connectivity index (χ0v) is 14.6. The number of rotatable bonds is 2. The molecule has 2 aliphatic rings. The molecule has 9 heteroatoms. The van der Waals surface area contributed by atoms with Crippen LogP contribution in [0.3, 0.4) is 0 Å². The SMILES string of the molecule is Cl.O=C([C@H]1C[C@@H](O)CN1)N1CCc2oc(-c3cc(F)cc(F)c3)nc2C1. The minimum Gasteiger partial charge on any atom is -0.441 e. The summed E-state index contributed by atoms with van der Waals surface area (Å²) >= 11 is 0. The summed E-state index contributed by atoms with van der Waals surface area (Å²) in [5, 5.41) is 12.6. The molecule has 1 amide bonds. The third-order valence-electron chi connectivity index (χ3n) is 4.55. The van der Waals surface area contributed by atoms with Crippen molar-refractivity contribution in [2.75, 3.05) is 13.1 Å². The highest BCUT2D eigenvalue weighted by atomic mass is 35.5. The number of hydrogen-bond donors (Lipinski definition) is 2. The van der Waals surface area contributed by atoms with Crippen LogP contribution in [0, 0.1) is 11.6 Å². The number of aliphatic hydroxyl groups excluding tert-OH is 1. The average Bonchev–Trinajstić information content (AvgIpc) is 3.18. The average molecular weight is 386 g/mol. The lowest BCUT2D eigenvalue weighted by Crippen LogP contribution is -2.45. The maximum atomic E-state index is 13.4. The smallest absolute Gasteiger partial charge is 0.240 e. The molecular formula is C17H18ClF2N3O3. The van der Waals surface area contributed by atoms with E-state index in [0.717, 1.165) is 18.2 Å². The van der Waals surface area contributed by atoms with Gasteiger partial charge in [0.15, 0.2) is 0 Å². The number of halogens is 3. The maximum Gasteiger partial charge on any atom is 0.240 e. The number of aromatic nitrogens is 1. The van der Waals surface area contributed by atoms with Gasteiger partial charge in [0.25, 0.3) is 0 Å². The van der Waals surface area contributed by atoms with E-state index in [-0.39, 0.29) is 42.4 Å². The van der Waals surface area contributed by atoms with Gasteiger partial charge in [0.05, 0.1) is 18.7 Å². The van der Waals surface area contributed by atoms with Crippen molar-refractivity contribution < 1.29 is 23.1 Å². The Labute approximate surface area is 154 Å². The molecule has 2 N–H and O–H groups in total. The highest BCUT2D eigenvalue weighted by molar-refractivity contribution is 5.85. The predicted octanol–water partition coefficient (Wildman–Crippen LogP) is 1.65. The number of carbonyl (C=O) groups excluding carboxylic acids is 1. The minimum atomic E-state index is -0.700. The number of nitrogens with one attached hydrogen (secondary N) is 1. The third kappa shape index (κ3) is 3.58. The van der Waals surface area contributed by atoms with Gasteiger partial charge < -0.3 is 19.7 Å². The number of benzene rings is 1. The molecule has 0 spiro atoms. The molecule has 4 rings (SSSR count). The second-order valence-electron chi connectivity index (χ2n) is 6.41. The van der Waals surface area contributed by atoms with Crippen LogP contribution in [0.2, 0.25) is 0 Å². The molecule has 0 saturated carbocycles. The molecule has 2 aromatic rings. The molecule has 1 aromatic carbocycles. The normalized spacial score (nSPS) is 22.0. The van der Waals surface area contributed by atoms with Crippen molar-refractivity contribution in [2.24, 2.45) is 0 Å². The van der Waals surface area contributed by atoms with Gasteiger partial charge in [0, 0.05) is 31.1 Å². The van der Waals surface area contributed by atoms with Crippen LogP contribution in [0.15, 0.2) is 22.6 Å². The van der Waals surface area contributed by atoms with Gasteiger partial charge in [-0.1, -0.05) is 0 Å². The van der Waals surface area contributed by atoms with Gasteiger partial charge in [-0.2, -0.15) is 0 Å². The van der Waals surface area contributed by atoms with Crippen molar-refractivity contribution in [3.8, 4) is 11.5 Å². The zero-order valence-electron chi connectivity index (χ0n) is 13.7. The number of hydrogen-bond acceptors (Lipinski definition) is 5. The van der Waals surface area contributed by atoms with Crippen LogP contribution in [-0.2, 0) is 17.8 Å². The van der Waals surface area contributed by atoms with Crippen LogP contribution in [0.1, 0.15) is 17.9 Å². The standard InChI is InChI=1S/C17H17F2N3O3.ClH/c18-10-3-9(4-11(19)5-10)16-21-14-8-22(2-1-15(14)25-16)17(24)13-6-12(23)7-20-13;/h3-5,12-13,20,23H,1-2,6-8H2;1H/t12-,13-;/m1./s1. The Morgan fingerprint density at radius 2 is 2.04 bits per heavy atom. The fourth-order valence-electron chi connectivity index (χ4n) is 3.31. The fourth-order valence-corrected chi connectivity index (χ4v) is 3.31. The molecular weight excluding hydrogens is 368 g/mol. The molecule has 1 fully saturated rings. The van der Waals surface area contributed by atoms with E-state index < -0.39 is 17.7 Å². The summed E-state index contributed by atoms with van der Waals surface area (Å²) in [6, 6.07) is 2.72. The highest BCUT2D eigenvalue weighted by Gasteiger charge is 2.34. The van der Waals surface area contributed by atoms with Gasteiger partial charge in [0.1, 0.15) is 23.1 Å². The van der Waals surface area contributed by atoms with E-state index in [0.29, 0.717) is 37.4 Å². The van der Waals surface area contributed by atoms with Crippen LogP contribution in [0.4, 0.5) is 8.78 Å². The van der Waals surface area contributed by atoms with Crippen molar-refractivity contribution >= 4 is 18.3 Å². The number of aliphatic hydroxyl groups is 1. The Balaban J connectivity index is 0.00000196. The molecule has 0 unspecified atom stereocenters. The van der Waals surface area contributed by atoms with Gasteiger partial charge in [0.2, 0.25) is 11.8 Å². The number of nitrogens with zero attached hydrogens (tertiary/aromatic N) is 2. The Kier molecular flexibility index (Phi) is 5.27. The van der Waals surface area contributed by atoms with Crippen molar-refractivity contribution in [1.29, 1.82) is 0 Å². The summed E-state index contributed by atoms with van der Waals surface area (Å²) in [7, 11) is 0. The first-order valence-electron chi connectivity index (χ1n) is 8.15. The van der Waals surface area contributed by atoms with Crippen LogP contribution >= 0.6 is 12.4 Å². The van der Waals surface area contributed by atoms with Crippen LogP contribution in [0.25, 0.3) is 11.5 Å². The van der Waals surface area contributed by atoms with Crippen molar-refractivity contribution in [3.63, 3.8) is 0 Å². The first kappa shape index (κ1) is 18.8. The number of oxazole rings is 1. The Morgan fingerprint density at radius 3 is 2.69 bits per heavy atom. The Bertz CT molecular complexity index is 809. The van der Waals surface area contributed by atoms with Gasteiger partial charge >= 0.3 is 0 Å². The number of carbonyl (C=O) groups is 1. The van der Waals surface area contributed by atoms with E-state index in [2.05, 4.69) is 10.3 Å². The van der Waals surface area contributed by atoms with Crippen molar-refractivity contribution in [1.82, 2.24) is 15.2 Å². The predicted molar refractivity (Wildman–Crippen MR) is 90.6 cm³/mol. The van der Waals surface area contributed by atoms with E-state index in [1.807, 2.05) is 0 Å². The van der Waals surface area contributed by atoms with E-state index in [4.69, 9.17) is 4.42 Å². The zero-order chi connectivity index (χ0) is 17.6. The number of β-amino-alcohol motifs (C(OH)–C–C–N with tert-alkyl or cyclic N) is 1. The number of fused-ring (bicyclic) bond motifs is 1. The van der Waals surface area contributed by atoms with Crippen molar-refractivity contribution in [3.05, 3.63) is 41.3 Å². The maximum absolute atomic E-state index is 13.4. The summed E-state index contributed by atoms with van der Waals surface area (Å²) in [5.74, 6) is -0.707. The molecule has 0 radical (unpaired) electrons. The quantitative estimate of drug-likeness (QED) is 0.822. The topological polar surface area (TPSA) is 78.6 Å². The first-order valence-corrected chi connectivity index (χ1v) is 8.15. The summed E-state index contributed by atoms with van der Waals surface area (Å²) in [4.78, 5) is 18.5. The Hall–Kier alpha value is -2.03. The van der Waals surface area contributed by atoms with Crippen LogP contribution < -0.4 is 5.32 Å². The summed E-state index contributed by atoms with van der Waals surface area (Å²) < 4.78 is 32.4. The summed E-state index contributed by atoms with van der Waals surface area (Å²) in [6.07, 6.45) is 0.381. The third-order valence-corrected chi connectivity index (χ3v) is 4.55. The molecule has 1 aromatic heterocycles. The van der Waals surface area contributed by atoms with Crippen molar-refractivity contribution in [2.45, 2.75) is 31.5 Å². The van der Waals surface area contributed by atoms with Gasteiger partial charge in [-0.3, -0.25) is 4.79 Å². The van der Waals surface area contributed by atoms with Gasteiger partial charge in [-0.05, 0) is 18.6 Å². The molecule has 26 heavy (non-hydrogen) atoms. The highest BCUT2D eigenvalue weighted by Crippen LogP contribution is 2.28. The van der Waals surface area contributed by atoms with E-state index >= 15 is 0 Å². The second-order valence-corrected chi connectivity index (χ2v) is 6.41. The van der Waals surface area contributed by atoms with E-state index in [1.54, 1.807) is 4.90 Å². The molecule has 1 saturated heterocycles. The fraction of sp³-hybridized carbons (Fsp3) is 0.412. The molecule has 140 valence electrons. The minimum absolute atomic E-state index is 0. The van der Waals surface area contributed by atoms with E-state index in [1.165, 1.54) is 0 Å². The van der Waals surface area contributed by atoms with Crippen LogP contribution in [-0.4, -0.2) is 46.1 Å². The van der Waals surface area contributed by atoms with Gasteiger partial charge in [-0.15, -0.1) is 12.4 Å². The molecule has 6 nitrogen and oxygen atoms in total. The molecule has 0 bridgehead atoms. The number of amides is 1. The Morgan fingerprint density at radius 1 is 1.31 bits per heavy atom. The lowest BCUT2D eigenvalue weighted by molar-refractivity contribution is -0.134. The molecule has 3 heterocycles. The molecule has 2 aliphatic heterocycles. The molecule has 2 atom stereocenters. The largest absolute Gasteiger partial charge is 0.441 e. The monoisotopic (exact) mass is 385 g/mol. The lowest BCUT2D eigenvalue weighted by atomic mass is 10.1. The summed E-state index contributed by atoms with van der Waals surface area (Å²) in [6.45, 7) is 1.17. The first-order chi connectivity index (χ1) is 12.0. The molecule has 0 aliphatic carbocycles. The van der Waals surface area contributed by atoms with E-state index in [9.17, 15) is 18.7 Å². The lowest BCUT2D eigenvalue weighted by Gasteiger charge is -2.27. The summed E-state index contributed by atoms with van der Waals surface area (Å²) in [5.41, 5.74) is 0.822. The van der Waals surface area contributed by atoms with Crippen LogP contribution in [0.5, 0.6) is 0 Å².